The van der Waals surface area contributed by atoms with E-state index in [1.54, 1.807) is 0 Å². The Labute approximate surface area is 122 Å². The quantitative estimate of drug-likeness (QED) is 0.495. The first-order valence-electron chi connectivity index (χ1n) is 7.99. The van der Waals surface area contributed by atoms with Crippen molar-refractivity contribution in [2.45, 2.75) is 71.8 Å². The molecule has 0 aliphatic carbocycles. The third-order valence-electron chi connectivity index (χ3n) is 4.05. The predicted octanol–water partition coefficient (Wildman–Crippen LogP) is 4.54. The van der Waals surface area contributed by atoms with Crippen molar-refractivity contribution in [1.82, 2.24) is 0 Å². The van der Waals surface area contributed by atoms with Gasteiger partial charge in [-0.25, -0.2) is 0 Å². The van der Waals surface area contributed by atoms with Crippen LogP contribution in [0.5, 0.6) is 0 Å². The van der Waals surface area contributed by atoms with E-state index in [-0.39, 0.29) is 0 Å². The lowest BCUT2D eigenvalue weighted by Gasteiger charge is -2.34. The molecule has 0 aromatic rings. The molecule has 0 aromatic carbocycles. The second kappa shape index (κ2) is 10.1. The highest BCUT2D eigenvalue weighted by Gasteiger charge is 2.40. The molecule has 0 spiro atoms. The molecule has 0 heterocycles. The van der Waals surface area contributed by atoms with Crippen LogP contribution >= 0.6 is 0 Å². The van der Waals surface area contributed by atoms with E-state index < -0.39 is 16.9 Å². The van der Waals surface area contributed by atoms with Crippen molar-refractivity contribution in [2.24, 2.45) is 0 Å². The number of hydrogen-bond acceptors (Lipinski definition) is 3. The van der Waals surface area contributed by atoms with Crippen LogP contribution in [0.1, 0.15) is 41.5 Å². The van der Waals surface area contributed by atoms with Crippen molar-refractivity contribution >= 4 is 16.9 Å². The van der Waals surface area contributed by atoms with Crippen molar-refractivity contribution in [2.75, 3.05) is 19.8 Å². The minimum absolute atomic E-state index is 0.765. The van der Waals surface area contributed by atoms with Gasteiger partial charge in [0.1, 0.15) is 0 Å². The largest absolute Gasteiger partial charge is 0.417 e. The van der Waals surface area contributed by atoms with Crippen molar-refractivity contribution in [1.29, 1.82) is 0 Å². The zero-order valence-electron chi connectivity index (χ0n) is 13.9. The summed E-state index contributed by atoms with van der Waals surface area (Å²) in [6, 6.07) is 5.72. The zero-order chi connectivity index (χ0) is 14.8. The maximum Gasteiger partial charge on any atom is 0.337 e. The molecule has 0 bridgehead atoms. The lowest BCUT2D eigenvalue weighted by Crippen LogP contribution is -2.45. The number of rotatable bonds is 12. The van der Waals surface area contributed by atoms with Gasteiger partial charge in [0, 0.05) is 19.8 Å². The van der Waals surface area contributed by atoms with Crippen LogP contribution in [0.4, 0.5) is 0 Å². The van der Waals surface area contributed by atoms with Crippen LogP contribution in [0.15, 0.2) is 0 Å². The summed E-state index contributed by atoms with van der Waals surface area (Å²) in [6.45, 7) is 15.4. The average molecular weight is 307 g/mol. The van der Waals surface area contributed by atoms with Crippen molar-refractivity contribution in [3.8, 4) is 0 Å². The van der Waals surface area contributed by atoms with E-state index in [0.29, 0.717) is 0 Å². The van der Waals surface area contributed by atoms with Crippen LogP contribution < -0.4 is 0 Å². The molecule has 0 aromatic heterocycles. The molecule has 0 N–H and O–H groups in total. The second-order valence-corrected chi connectivity index (χ2v) is 13.1. The molecule has 0 amide bonds. The maximum absolute atomic E-state index is 6.17. The summed E-state index contributed by atoms with van der Waals surface area (Å²) in [7, 11) is -3.54. The van der Waals surface area contributed by atoms with Gasteiger partial charge in [0.25, 0.3) is 0 Å². The van der Waals surface area contributed by atoms with Gasteiger partial charge >= 0.3 is 8.56 Å². The Morgan fingerprint density at radius 2 is 1.05 bits per heavy atom. The van der Waals surface area contributed by atoms with E-state index in [9.17, 15) is 0 Å². The van der Waals surface area contributed by atoms with Crippen LogP contribution in [0.3, 0.4) is 0 Å². The topological polar surface area (TPSA) is 27.7 Å². The van der Waals surface area contributed by atoms with Gasteiger partial charge in [0.05, 0.1) is 0 Å². The van der Waals surface area contributed by atoms with E-state index >= 15 is 0 Å². The summed E-state index contributed by atoms with van der Waals surface area (Å²) in [5.41, 5.74) is 0. The SMILES string of the molecule is CCO[Si](CC)(CC)CC[Si](CC)(OCC)OCC. The highest BCUT2D eigenvalue weighted by atomic mass is 28.4. The number of hydrogen-bond donors (Lipinski definition) is 0. The van der Waals surface area contributed by atoms with Crippen molar-refractivity contribution in [3.63, 3.8) is 0 Å². The molecule has 0 atom stereocenters. The molecule has 0 saturated carbocycles. The summed E-state index contributed by atoms with van der Waals surface area (Å²) in [6.07, 6.45) is 0. The van der Waals surface area contributed by atoms with E-state index in [4.69, 9.17) is 13.3 Å². The van der Waals surface area contributed by atoms with Crippen LogP contribution in [-0.4, -0.2) is 36.7 Å². The van der Waals surface area contributed by atoms with Gasteiger partial charge in [-0.3, -0.25) is 0 Å². The highest BCUT2D eigenvalue weighted by Crippen LogP contribution is 2.30. The van der Waals surface area contributed by atoms with Gasteiger partial charge in [-0.1, -0.05) is 20.8 Å². The molecule has 0 saturated heterocycles. The van der Waals surface area contributed by atoms with Gasteiger partial charge in [-0.15, -0.1) is 0 Å². The third-order valence-corrected chi connectivity index (χ3v) is 12.9. The average Bonchev–Trinajstić information content (AvgIpc) is 2.44. The Bertz CT molecular complexity index is 215. The molecule has 0 unspecified atom stereocenters. The molecule has 0 aliphatic heterocycles. The van der Waals surface area contributed by atoms with Gasteiger partial charge in [0.2, 0.25) is 0 Å². The zero-order valence-corrected chi connectivity index (χ0v) is 15.9. The second-order valence-electron chi connectivity index (χ2n) is 4.95. The molecular formula is C14H34O3Si2. The molecule has 3 nitrogen and oxygen atoms in total. The summed E-state index contributed by atoms with van der Waals surface area (Å²) < 4.78 is 18.3. The molecule has 0 aliphatic rings. The highest BCUT2D eigenvalue weighted by molar-refractivity contribution is 6.76. The first kappa shape index (κ1) is 19.3. The first-order chi connectivity index (χ1) is 9.07. The van der Waals surface area contributed by atoms with Gasteiger partial charge in [-0.2, -0.15) is 0 Å². The fraction of sp³-hybridized carbons (Fsp3) is 1.00. The lowest BCUT2D eigenvalue weighted by molar-refractivity contribution is 0.184. The Balaban J connectivity index is 4.73. The summed E-state index contributed by atoms with van der Waals surface area (Å²) >= 11 is 0. The van der Waals surface area contributed by atoms with Crippen LogP contribution in [0, 0.1) is 0 Å². The van der Waals surface area contributed by atoms with Crippen LogP contribution in [-0.2, 0) is 13.3 Å². The molecule has 0 rings (SSSR count). The summed E-state index contributed by atoms with van der Waals surface area (Å²) in [5.74, 6) is 0. The maximum atomic E-state index is 6.17. The molecule has 19 heavy (non-hydrogen) atoms. The normalized spacial score (nSPS) is 12.9. The summed E-state index contributed by atoms with van der Waals surface area (Å²) in [5, 5.41) is 0. The van der Waals surface area contributed by atoms with Gasteiger partial charge in [0.15, 0.2) is 8.32 Å². The Hall–Kier alpha value is 0.314. The van der Waals surface area contributed by atoms with E-state index in [1.165, 1.54) is 18.1 Å². The van der Waals surface area contributed by atoms with Gasteiger partial charge in [-0.05, 0) is 51.0 Å². The fourth-order valence-corrected chi connectivity index (χ4v) is 10.6. The molecule has 5 heteroatoms. The summed E-state index contributed by atoms with van der Waals surface area (Å²) in [4.78, 5) is 0. The standard InChI is InChI=1S/C14H34O3Si2/c1-7-15-18(10-4,11-5)13-14-19(12-6,16-8-2)17-9-3/h7-14H2,1-6H3. The predicted molar refractivity (Wildman–Crippen MR) is 87.4 cm³/mol. The third kappa shape index (κ3) is 6.08. The molecular weight excluding hydrogens is 272 g/mol. The fourth-order valence-electron chi connectivity index (χ4n) is 2.70. The molecule has 116 valence electrons. The minimum Gasteiger partial charge on any atom is -0.417 e. The Morgan fingerprint density at radius 3 is 1.37 bits per heavy atom. The lowest BCUT2D eigenvalue weighted by atomic mass is 10.9. The van der Waals surface area contributed by atoms with Crippen LogP contribution in [0.2, 0.25) is 30.2 Å². The van der Waals surface area contributed by atoms with E-state index in [0.717, 1.165) is 31.9 Å². The monoisotopic (exact) mass is 306 g/mol. The van der Waals surface area contributed by atoms with Gasteiger partial charge < -0.3 is 13.3 Å². The Morgan fingerprint density at radius 1 is 0.579 bits per heavy atom. The van der Waals surface area contributed by atoms with E-state index in [1.807, 2.05) is 0 Å². The smallest absolute Gasteiger partial charge is 0.337 e. The van der Waals surface area contributed by atoms with Crippen molar-refractivity contribution < 1.29 is 13.3 Å². The minimum atomic E-state index is -1.99. The molecule has 0 radical (unpaired) electrons. The Kier molecular flexibility index (Phi) is 10.3. The van der Waals surface area contributed by atoms with Crippen LogP contribution in [0.25, 0.3) is 0 Å². The van der Waals surface area contributed by atoms with Crippen molar-refractivity contribution in [3.05, 3.63) is 0 Å². The first-order valence-corrected chi connectivity index (χ1v) is 12.7. The van der Waals surface area contributed by atoms with E-state index in [2.05, 4.69) is 41.5 Å². The molecule has 0 fully saturated rings.